The lowest BCUT2D eigenvalue weighted by molar-refractivity contribution is 0.0705. The number of anilines is 2. The summed E-state index contributed by atoms with van der Waals surface area (Å²) in [6.07, 6.45) is 6.53. The molecule has 0 bridgehead atoms. The van der Waals surface area contributed by atoms with Crippen LogP contribution in [-0.2, 0) is 9.47 Å². The van der Waals surface area contributed by atoms with E-state index in [-0.39, 0.29) is 0 Å². The molecular formula is C14H23N5O2. The number of hydrogen-bond acceptors (Lipinski definition) is 6. The third-order valence-electron chi connectivity index (χ3n) is 2.92. The van der Waals surface area contributed by atoms with Crippen molar-refractivity contribution in [1.82, 2.24) is 14.4 Å². The van der Waals surface area contributed by atoms with E-state index >= 15 is 0 Å². The van der Waals surface area contributed by atoms with Gasteiger partial charge in [-0.1, -0.05) is 0 Å². The van der Waals surface area contributed by atoms with Gasteiger partial charge in [0, 0.05) is 39.2 Å². The highest BCUT2D eigenvalue weighted by Gasteiger charge is 2.06. The minimum Gasteiger partial charge on any atom is -0.382 e. The molecule has 7 heteroatoms. The van der Waals surface area contributed by atoms with Gasteiger partial charge in [-0.3, -0.25) is 0 Å². The molecule has 0 saturated heterocycles. The lowest BCUT2D eigenvalue weighted by Gasteiger charge is -2.10. The molecule has 0 radical (unpaired) electrons. The Morgan fingerprint density at radius 3 is 2.95 bits per heavy atom. The summed E-state index contributed by atoms with van der Waals surface area (Å²) in [7, 11) is 1.67. The van der Waals surface area contributed by atoms with Gasteiger partial charge in [0.25, 0.3) is 0 Å². The second kappa shape index (κ2) is 8.43. The standard InChI is InChI=1S/C14H23N5O2/c1-3-15-12-11-19-7-6-17-14(19)13(18-12)16-5-4-8-21-10-9-20-2/h6-7,11,15H,3-5,8-10H2,1-2H3,(H,16,18). The fourth-order valence-corrected chi connectivity index (χ4v) is 1.94. The average Bonchev–Trinajstić information content (AvgIpc) is 2.95. The maximum atomic E-state index is 5.43. The molecule has 0 aliphatic heterocycles. The van der Waals surface area contributed by atoms with Gasteiger partial charge in [0.2, 0.25) is 0 Å². The van der Waals surface area contributed by atoms with E-state index in [1.807, 2.05) is 23.7 Å². The number of fused-ring (bicyclic) bond motifs is 1. The van der Waals surface area contributed by atoms with Gasteiger partial charge in [-0.25, -0.2) is 9.97 Å². The first-order valence-corrected chi connectivity index (χ1v) is 7.23. The van der Waals surface area contributed by atoms with Gasteiger partial charge in [0.05, 0.1) is 19.4 Å². The van der Waals surface area contributed by atoms with Crippen molar-refractivity contribution in [1.29, 1.82) is 0 Å². The molecule has 116 valence electrons. The second-order valence-electron chi connectivity index (χ2n) is 4.55. The molecule has 0 aliphatic carbocycles. The number of aromatic nitrogens is 3. The average molecular weight is 293 g/mol. The number of nitrogens with zero attached hydrogens (tertiary/aromatic N) is 3. The van der Waals surface area contributed by atoms with Crippen molar-refractivity contribution >= 4 is 17.3 Å². The Hall–Kier alpha value is -1.86. The first-order chi connectivity index (χ1) is 10.3. The molecule has 2 aromatic heterocycles. The highest BCUT2D eigenvalue weighted by Crippen LogP contribution is 2.16. The molecule has 0 spiro atoms. The first kappa shape index (κ1) is 15.5. The van der Waals surface area contributed by atoms with Crippen LogP contribution in [0.25, 0.3) is 5.65 Å². The topological polar surface area (TPSA) is 72.7 Å². The Bertz CT molecular complexity index is 543. The molecule has 2 aromatic rings. The van der Waals surface area contributed by atoms with E-state index in [4.69, 9.17) is 9.47 Å². The van der Waals surface area contributed by atoms with Crippen LogP contribution >= 0.6 is 0 Å². The number of methoxy groups -OCH3 is 1. The molecule has 7 nitrogen and oxygen atoms in total. The van der Waals surface area contributed by atoms with Crippen LogP contribution in [0.5, 0.6) is 0 Å². The predicted molar refractivity (Wildman–Crippen MR) is 83.0 cm³/mol. The largest absolute Gasteiger partial charge is 0.382 e. The molecule has 2 heterocycles. The third kappa shape index (κ3) is 4.57. The summed E-state index contributed by atoms with van der Waals surface area (Å²) in [5.74, 6) is 1.62. The third-order valence-corrected chi connectivity index (χ3v) is 2.92. The highest BCUT2D eigenvalue weighted by atomic mass is 16.5. The summed E-state index contributed by atoms with van der Waals surface area (Å²) < 4.78 is 12.3. The number of rotatable bonds is 10. The molecule has 0 atom stereocenters. The molecular weight excluding hydrogens is 270 g/mol. The highest BCUT2D eigenvalue weighted by molar-refractivity contribution is 5.65. The van der Waals surface area contributed by atoms with Crippen molar-refractivity contribution in [2.45, 2.75) is 13.3 Å². The smallest absolute Gasteiger partial charge is 0.180 e. The van der Waals surface area contributed by atoms with Crippen molar-refractivity contribution in [3.8, 4) is 0 Å². The van der Waals surface area contributed by atoms with Crippen molar-refractivity contribution in [2.24, 2.45) is 0 Å². The van der Waals surface area contributed by atoms with Crippen molar-refractivity contribution in [3.05, 3.63) is 18.6 Å². The minimum atomic E-state index is 0.633. The quantitative estimate of drug-likeness (QED) is 0.649. The Morgan fingerprint density at radius 1 is 1.24 bits per heavy atom. The van der Waals surface area contributed by atoms with Crippen LogP contribution in [0.4, 0.5) is 11.6 Å². The summed E-state index contributed by atoms with van der Waals surface area (Å²) in [5, 5.41) is 6.53. The molecule has 2 rings (SSSR count). The Kier molecular flexibility index (Phi) is 6.23. The number of ether oxygens (including phenoxy) is 2. The van der Waals surface area contributed by atoms with E-state index in [0.717, 1.165) is 36.8 Å². The van der Waals surface area contributed by atoms with Crippen molar-refractivity contribution in [2.75, 3.05) is 50.7 Å². The molecule has 0 saturated carbocycles. The normalized spacial score (nSPS) is 11.0. The zero-order valence-electron chi connectivity index (χ0n) is 12.6. The fourth-order valence-electron chi connectivity index (χ4n) is 1.94. The van der Waals surface area contributed by atoms with Crippen molar-refractivity contribution < 1.29 is 9.47 Å². The van der Waals surface area contributed by atoms with E-state index < -0.39 is 0 Å². The van der Waals surface area contributed by atoms with E-state index in [9.17, 15) is 0 Å². The molecule has 21 heavy (non-hydrogen) atoms. The number of hydrogen-bond donors (Lipinski definition) is 2. The summed E-state index contributed by atoms with van der Waals surface area (Å²) in [5.41, 5.74) is 0.831. The van der Waals surface area contributed by atoms with Crippen LogP contribution in [0.15, 0.2) is 18.6 Å². The van der Waals surface area contributed by atoms with E-state index in [1.54, 1.807) is 13.3 Å². The Balaban J connectivity index is 1.87. The van der Waals surface area contributed by atoms with E-state index in [0.29, 0.717) is 19.8 Å². The number of nitrogens with one attached hydrogen (secondary N) is 2. The summed E-state index contributed by atoms with van der Waals surface area (Å²) in [4.78, 5) is 8.87. The monoisotopic (exact) mass is 293 g/mol. The zero-order chi connectivity index (χ0) is 14.9. The van der Waals surface area contributed by atoms with Crippen LogP contribution in [-0.4, -0.2) is 54.4 Å². The van der Waals surface area contributed by atoms with Gasteiger partial charge >= 0.3 is 0 Å². The molecule has 0 aliphatic rings. The number of imidazole rings is 1. The van der Waals surface area contributed by atoms with Gasteiger partial charge in [-0.05, 0) is 13.3 Å². The SMILES string of the molecule is CCNc1cn2ccnc2c(NCCCOCCOC)n1. The maximum Gasteiger partial charge on any atom is 0.180 e. The Labute approximate surface area is 124 Å². The summed E-state index contributed by atoms with van der Waals surface area (Å²) in [6.45, 7) is 5.64. The van der Waals surface area contributed by atoms with E-state index in [1.165, 1.54) is 0 Å². The zero-order valence-corrected chi connectivity index (χ0v) is 12.6. The van der Waals surface area contributed by atoms with Gasteiger partial charge in [-0.15, -0.1) is 0 Å². The van der Waals surface area contributed by atoms with Crippen LogP contribution in [0.2, 0.25) is 0 Å². The predicted octanol–water partition coefficient (Wildman–Crippen LogP) is 1.63. The summed E-state index contributed by atoms with van der Waals surface area (Å²) >= 11 is 0. The molecule has 0 unspecified atom stereocenters. The fraction of sp³-hybridized carbons (Fsp3) is 0.571. The summed E-state index contributed by atoms with van der Waals surface area (Å²) in [6, 6.07) is 0. The van der Waals surface area contributed by atoms with Gasteiger partial charge in [0.15, 0.2) is 11.5 Å². The lowest BCUT2D eigenvalue weighted by atomic mass is 10.4. The minimum absolute atomic E-state index is 0.633. The van der Waals surface area contributed by atoms with Crippen LogP contribution in [0.3, 0.4) is 0 Å². The first-order valence-electron chi connectivity index (χ1n) is 7.23. The van der Waals surface area contributed by atoms with Gasteiger partial charge < -0.3 is 24.5 Å². The molecule has 0 fully saturated rings. The van der Waals surface area contributed by atoms with Crippen molar-refractivity contribution in [3.63, 3.8) is 0 Å². The molecule has 0 amide bonds. The van der Waals surface area contributed by atoms with Gasteiger partial charge in [0.1, 0.15) is 5.82 Å². The molecule has 2 N–H and O–H groups in total. The van der Waals surface area contributed by atoms with Crippen LogP contribution in [0, 0.1) is 0 Å². The Morgan fingerprint density at radius 2 is 2.14 bits per heavy atom. The van der Waals surface area contributed by atoms with Gasteiger partial charge in [-0.2, -0.15) is 0 Å². The van der Waals surface area contributed by atoms with Crippen LogP contribution in [0.1, 0.15) is 13.3 Å². The maximum absolute atomic E-state index is 5.43. The van der Waals surface area contributed by atoms with E-state index in [2.05, 4.69) is 20.6 Å². The van der Waals surface area contributed by atoms with Crippen LogP contribution < -0.4 is 10.6 Å². The molecule has 0 aromatic carbocycles. The second-order valence-corrected chi connectivity index (χ2v) is 4.55. The lowest BCUT2D eigenvalue weighted by Crippen LogP contribution is -2.11.